The smallest absolute Gasteiger partial charge is 0.256 e. The fourth-order valence-corrected chi connectivity index (χ4v) is 5.50. The lowest BCUT2D eigenvalue weighted by molar-refractivity contribution is -0.130. The summed E-state index contributed by atoms with van der Waals surface area (Å²) in [7, 11) is 0. The summed E-state index contributed by atoms with van der Waals surface area (Å²) < 4.78 is 20.4. The molecule has 3 amide bonds. The number of rotatable bonds is 4. The van der Waals surface area contributed by atoms with Crippen LogP contribution in [0.2, 0.25) is 5.02 Å². The average Bonchev–Trinajstić information content (AvgIpc) is 3.44. The summed E-state index contributed by atoms with van der Waals surface area (Å²) in [6.07, 6.45) is 6.05. The molecule has 9 nitrogen and oxygen atoms in total. The first-order valence-electron chi connectivity index (χ1n) is 13.7. The minimum Gasteiger partial charge on any atom is -0.492 e. The summed E-state index contributed by atoms with van der Waals surface area (Å²) in [5.41, 5.74) is 1.53. The maximum atomic E-state index is 14.4. The molecule has 3 heterocycles. The summed E-state index contributed by atoms with van der Waals surface area (Å²) in [5.74, 6) is -1.37. The summed E-state index contributed by atoms with van der Waals surface area (Å²) in [5, 5.41) is 3.26. The van der Waals surface area contributed by atoms with Crippen molar-refractivity contribution >= 4 is 29.3 Å². The average molecular weight is 580 g/mol. The van der Waals surface area contributed by atoms with Crippen LogP contribution < -0.4 is 10.1 Å². The van der Waals surface area contributed by atoms with Gasteiger partial charge in [0.25, 0.3) is 5.91 Å². The maximum Gasteiger partial charge on any atom is 0.256 e. The number of benzene rings is 2. The Morgan fingerprint density at radius 2 is 1.93 bits per heavy atom. The van der Waals surface area contributed by atoms with Crippen molar-refractivity contribution in [2.45, 2.75) is 25.2 Å². The van der Waals surface area contributed by atoms with E-state index in [1.807, 2.05) is 24.3 Å². The van der Waals surface area contributed by atoms with Crippen LogP contribution in [0, 0.1) is 11.7 Å². The third kappa shape index (κ3) is 7.00. The van der Waals surface area contributed by atoms with Crippen molar-refractivity contribution in [3.63, 3.8) is 0 Å². The van der Waals surface area contributed by atoms with Crippen molar-refractivity contribution in [2.24, 2.45) is 5.92 Å². The molecule has 11 heteroatoms. The number of hydrogen-bond acceptors (Lipinski definition) is 6. The van der Waals surface area contributed by atoms with E-state index in [0.717, 1.165) is 11.3 Å². The topological polar surface area (TPSA) is 105 Å². The minimum absolute atomic E-state index is 0.0383. The Bertz CT molecular complexity index is 1410. The molecular formula is C30H31ClFN5O4. The maximum absolute atomic E-state index is 14.4. The number of aryl methyl sites for hydroxylation is 1. The molecule has 2 aliphatic rings. The minimum atomic E-state index is -0.649. The highest BCUT2D eigenvalue weighted by Gasteiger charge is 2.40. The van der Waals surface area contributed by atoms with E-state index >= 15 is 0 Å². The molecular weight excluding hydrogens is 549 g/mol. The van der Waals surface area contributed by atoms with Gasteiger partial charge in [-0.1, -0.05) is 23.7 Å². The normalized spacial score (nSPS) is 19.5. The van der Waals surface area contributed by atoms with Crippen LogP contribution in [-0.4, -0.2) is 76.8 Å². The van der Waals surface area contributed by atoms with Gasteiger partial charge in [0.15, 0.2) is 0 Å². The lowest BCUT2D eigenvalue weighted by Crippen LogP contribution is -2.39. The number of fused-ring (bicyclic) bond motifs is 4. The van der Waals surface area contributed by atoms with Crippen molar-refractivity contribution in [1.29, 1.82) is 0 Å². The number of nitrogens with one attached hydrogen (secondary N) is 1. The van der Waals surface area contributed by atoms with Gasteiger partial charge in [-0.2, -0.15) is 0 Å². The molecule has 41 heavy (non-hydrogen) atoms. The Balaban J connectivity index is 1.31. The van der Waals surface area contributed by atoms with E-state index in [1.165, 1.54) is 23.1 Å². The lowest BCUT2D eigenvalue weighted by Gasteiger charge is -2.25. The third-order valence-corrected chi connectivity index (χ3v) is 7.72. The first-order chi connectivity index (χ1) is 19.9. The van der Waals surface area contributed by atoms with Gasteiger partial charge in [-0.25, -0.2) is 4.39 Å². The lowest BCUT2D eigenvalue weighted by atomic mass is 9.88. The Morgan fingerprint density at radius 3 is 2.76 bits per heavy atom. The van der Waals surface area contributed by atoms with Crippen LogP contribution in [0.4, 0.5) is 4.39 Å². The SMILES string of the molecule is O=C1NCCCN(C(=O)c2cc(Cl)ccc2F)CCOc2cccc(c2)[C@H]2CN(C(=O)CCc3cnccn3)C[C@H]12. The molecule has 1 N–H and O–H groups in total. The van der Waals surface area contributed by atoms with E-state index < -0.39 is 17.6 Å². The Hall–Kier alpha value is -4.05. The first-order valence-corrected chi connectivity index (χ1v) is 14.0. The van der Waals surface area contributed by atoms with Crippen LogP contribution in [0.3, 0.4) is 0 Å². The highest BCUT2D eigenvalue weighted by Crippen LogP contribution is 2.35. The van der Waals surface area contributed by atoms with Crippen molar-refractivity contribution in [2.75, 3.05) is 39.3 Å². The fraction of sp³-hybridized carbons (Fsp3) is 0.367. The van der Waals surface area contributed by atoms with Gasteiger partial charge in [0.1, 0.15) is 18.2 Å². The van der Waals surface area contributed by atoms with Gasteiger partial charge in [-0.15, -0.1) is 0 Å². The van der Waals surface area contributed by atoms with Crippen LogP contribution in [-0.2, 0) is 16.0 Å². The van der Waals surface area contributed by atoms with Crippen LogP contribution in [0.15, 0.2) is 61.1 Å². The van der Waals surface area contributed by atoms with E-state index in [9.17, 15) is 18.8 Å². The predicted molar refractivity (Wildman–Crippen MR) is 150 cm³/mol. The number of ether oxygens (including phenoxy) is 1. The van der Waals surface area contributed by atoms with Gasteiger partial charge < -0.3 is 19.9 Å². The van der Waals surface area contributed by atoms with E-state index in [1.54, 1.807) is 23.5 Å². The number of carbonyl (C=O) groups is 3. The first kappa shape index (κ1) is 28.5. The van der Waals surface area contributed by atoms with Crippen LogP contribution in [0.1, 0.15) is 40.4 Å². The molecule has 0 spiro atoms. The van der Waals surface area contributed by atoms with Crippen molar-refractivity contribution in [1.82, 2.24) is 25.1 Å². The van der Waals surface area contributed by atoms with Gasteiger partial charge in [0.05, 0.1) is 23.7 Å². The standard InChI is InChI=1S/C30H31ClFN5O4/c31-21-5-7-27(32)24(16-21)30(40)36-12-2-9-35-29(39)26-19-37(28(38)8-6-22-17-33-10-11-34-22)18-25(26)20-3-1-4-23(15-20)41-14-13-36/h1,3-5,7,10-11,15-17,25-26H,2,6,8-9,12-14,18-19H2,(H,35,39)/t25-,26+/m1/s1. The van der Waals surface area contributed by atoms with E-state index in [-0.39, 0.29) is 54.4 Å². The number of aromatic nitrogens is 2. The van der Waals surface area contributed by atoms with Crippen LogP contribution in [0.5, 0.6) is 5.75 Å². The second-order valence-corrected chi connectivity index (χ2v) is 10.6. The summed E-state index contributed by atoms with van der Waals surface area (Å²) in [4.78, 5) is 51.2. The zero-order valence-corrected chi connectivity index (χ0v) is 23.2. The molecule has 1 saturated heterocycles. The number of carbonyl (C=O) groups excluding carboxylic acids is 3. The van der Waals surface area contributed by atoms with Crippen molar-refractivity contribution in [3.05, 3.63) is 88.7 Å². The monoisotopic (exact) mass is 579 g/mol. The Labute approximate surface area is 242 Å². The van der Waals surface area contributed by atoms with Crippen molar-refractivity contribution in [3.8, 4) is 5.75 Å². The second-order valence-electron chi connectivity index (χ2n) is 10.2. The van der Waals surface area contributed by atoms with Gasteiger partial charge in [0.2, 0.25) is 11.8 Å². The fourth-order valence-electron chi connectivity index (χ4n) is 5.33. The zero-order valence-electron chi connectivity index (χ0n) is 22.5. The molecule has 2 aliphatic heterocycles. The van der Waals surface area contributed by atoms with Crippen LogP contribution in [0.25, 0.3) is 0 Å². The van der Waals surface area contributed by atoms with Gasteiger partial charge in [0, 0.05) is 62.1 Å². The number of likely N-dealkylation sites (tertiary alicyclic amines) is 1. The molecule has 0 aliphatic carbocycles. The van der Waals surface area contributed by atoms with Crippen molar-refractivity contribution < 1.29 is 23.5 Å². The molecule has 1 aromatic heterocycles. The van der Waals surface area contributed by atoms with E-state index in [2.05, 4.69) is 15.3 Å². The van der Waals surface area contributed by atoms with Gasteiger partial charge >= 0.3 is 0 Å². The molecule has 214 valence electrons. The predicted octanol–water partition coefficient (Wildman–Crippen LogP) is 3.49. The molecule has 2 atom stereocenters. The quantitative estimate of drug-likeness (QED) is 0.507. The van der Waals surface area contributed by atoms with E-state index in [0.29, 0.717) is 38.2 Å². The number of nitrogens with zero attached hydrogens (tertiary/aromatic N) is 4. The highest BCUT2D eigenvalue weighted by molar-refractivity contribution is 6.31. The molecule has 3 aromatic rings. The summed E-state index contributed by atoms with van der Waals surface area (Å²) >= 11 is 6.01. The molecule has 5 rings (SSSR count). The third-order valence-electron chi connectivity index (χ3n) is 7.49. The molecule has 0 radical (unpaired) electrons. The summed E-state index contributed by atoms with van der Waals surface area (Å²) in [6, 6.07) is 11.4. The number of hydrogen-bond donors (Lipinski definition) is 1. The Morgan fingerprint density at radius 1 is 1.07 bits per heavy atom. The van der Waals surface area contributed by atoms with Gasteiger partial charge in [-0.05, 0) is 48.7 Å². The second kappa shape index (κ2) is 13.1. The Kier molecular flexibility index (Phi) is 9.08. The highest BCUT2D eigenvalue weighted by atomic mass is 35.5. The molecule has 2 aromatic carbocycles. The number of amides is 3. The molecule has 1 fully saturated rings. The zero-order chi connectivity index (χ0) is 28.8. The van der Waals surface area contributed by atoms with E-state index in [4.69, 9.17) is 16.3 Å². The molecule has 0 saturated carbocycles. The molecule has 0 unspecified atom stereocenters. The van der Waals surface area contributed by atoms with Crippen LogP contribution >= 0.6 is 11.6 Å². The largest absolute Gasteiger partial charge is 0.492 e. The molecule has 2 bridgehead atoms. The van der Waals surface area contributed by atoms with Gasteiger partial charge in [-0.3, -0.25) is 24.4 Å². The summed E-state index contributed by atoms with van der Waals surface area (Å²) in [6.45, 7) is 1.77. The number of halogens is 2.